The summed E-state index contributed by atoms with van der Waals surface area (Å²) in [5.41, 5.74) is 0. The van der Waals surface area contributed by atoms with Gasteiger partial charge in [-0.3, -0.25) is 10.1 Å². The van der Waals surface area contributed by atoms with E-state index in [-0.39, 0.29) is 18.5 Å². The molecule has 0 aromatic carbocycles. The van der Waals surface area contributed by atoms with Crippen LogP contribution in [-0.2, 0) is 11.3 Å². The average molecular weight is 325 g/mol. The van der Waals surface area contributed by atoms with E-state index in [4.69, 9.17) is 0 Å². The summed E-state index contributed by atoms with van der Waals surface area (Å²) in [4.78, 5) is 27.0. The number of hydrogen-bond donors (Lipinski definition) is 2. The predicted octanol–water partition coefficient (Wildman–Crippen LogP) is 0.220. The van der Waals surface area contributed by atoms with Crippen LogP contribution in [0, 0.1) is 0 Å². The van der Waals surface area contributed by atoms with Crippen molar-refractivity contribution >= 4 is 17.8 Å². The Hall–Kier alpha value is -2.16. The molecule has 9 nitrogen and oxygen atoms in total. The summed E-state index contributed by atoms with van der Waals surface area (Å²) < 4.78 is 1.39. The van der Waals surface area contributed by atoms with Crippen LogP contribution in [0.1, 0.15) is 20.3 Å². The third kappa shape index (κ3) is 7.09. The summed E-state index contributed by atoms with van der Waals surface area (Å²) in [6.07, 6.45) is 2.44. The van der Waals surface area contributed by atoms with Crippen molar-refractivity contribution in [2.75, 3.05) is 45.6 Å². The fourth-order valence-electron chi connectivity index (χ4n) is 1.93. The first-order valence-corrected chi connectivity index (χ1v) is 7.83. The quantitative estimate of drug-likeness (QED) is 0.633. The molecular formula is C14H27N7O2. The van der Waals surface area contributed by atoms with Gasteiger partial charge in [-0.15, -0.1) is 5.10 Å². The molecule has 0 aliphatic heterocycles. The van der Waals surface area contributed by atoms with Gasteiger partial charge in [0.05, 0.1) is 6.20 Å². The number of nitrogens with one attached hydrogen (secondary N) is 2. The summed E-state index contributed by atoms with van der Waals surface area (Å²) in [5, 5.41) is 13.0. The van der Waals surface area contributed by atoms with Crippen molar-refractivity contribution in [1.29, 1.82) is 0 Å². The molecule has 0 atom stereocenters. The van der Waals surface area contributed by atoms with E-state index in [0.717, 1.165) is 26.1 Å². The number of urea groups is 1. The van der Waals surface area contributed by atoms with E-state index in [2.05, 4.69) is 39.7 Å². The highest BCUT2D eigenvalue weighted by molar-refractivity contribution is 5.87. The van der Waals surface area contributed by atoms with Gasteiger partial charge in [-0.05, 0) is 26.1 Å². The largest absolute Gasteiger partial charge is 0.354 e. The van der Waals surface area contributed by atoms with Crippen molar-refractivity contribution in [3.05, 3.63) is 6.20 Å². The smallest absolute Gasteiger partial charge is 0.322 e. The molecule has 1 aromatic heterocycles. The number of anilines is 1. The fourth-order valence-corrected chi connectivity index (χ4v) is 1.93. The van der Waals surface area contributed by atoms with Crippen molar-refractivity contribution in [2.45, 2.75) is 26.8 Å². The van der Waals surface area contributed by atoms with Crippen LogP contribution in [0.25, 0.3) is 0 Å². The molecular weight excluding hydrogens is 298 g/mol. The molecule has 2 N–H and O–H groups in total. The topological polar surface area (TPSA) is 95.4 Å². The standard InChI is InChI=1S/C14H27N7O2/c1-5-20(6-2)9-7-8-15-13(22)11-21-10-12(17-18-21)16-14(23)19(3)4/h10H,5-9,11H2,1-4H3,(H,15,22)(H,16,23). The Morgan fingerprint density at radius 1 is 1.26 bits per heavy atom. The Morgan fingerprint density at radius 2 is 1.96 bits per heavy atom. The van der Waals surface area contributed by atoms with Gasteiger partial charge in [0.1, 0.15) is 6.54 Å². The van der Waals surface area contributed by atoms with Gasteiger partial charge in [-0.2, -0.15) is 0 Å². The zero-order valence-corrected chi connectivity index (χ0v) is 14.4. The molecule has 23 heavy (non-hydrogen) atoms. The number of rotatable bonds is 9. The van der Waals surface area contributed by atoms with Crippen molar-refractivity contribution in [3.63, 3.8) is 0 Å². The molecule has 0 unspecified atom stereocenters. The second-order valence-electron chi connectivity index (χ2n) is 5.36. The molecule has 0 bridgehead atoms. The van der Waals surface area contributed by atoms with E-state index >= 15 is 0 Å². The first-order valence-electron chi connectivity index (χ1n) is 7.83. The van der Waals surface area contributed by atoms with E-state index in [1.54, 1.807) is 14.1 Å². The molecule has 130 valence electrons. The third-order valence-corrected chi connectivity index (χ3v) is 3.35. The van der Waals surface area contributed by atoms with Gasteiger partial charge in [0.15, 0.2) is 5.82 Å². The van der Waals surface area contributed by atoms with Crippen LogP contribution in [0.2, 0.25) is 0 Å². The van der Waals surface area contributed by atoms with E-state index in [0.29, 0.717) is 12.4 Å². The maximum absolute atomic E-state index is 11.8. The van der Waals surface area contributed by atoms with Crippen LogP contribution in [0.3, 0.4) is 0 Å². The second kappa shape index (κ2) is 9.78. The first-order chi connectivity index (χ1) is 11.0. The van der Waals surface area contributed by atoms with Crippen LogP contribution in [-0.4, -0.2) is 77.0 Å². The number of aromatic nitrogens is 3. The van der Waals surface area contributed by atoms with Crippen LogP contribution >= 0.6 is 0 Å². The molecule has 0 radical (unpaired) electrons. The molecule has 1 aromatic rings. The Bertz CT molecular complexity index is 497. The molecule has 0 aliphatic rings. The number of carbonyl (C=O) groups is 2. The van der Waals surface area contributed by atoms with E-state index in [1.807, 2.05) is 0 Å². The van der Waals surface area contributed by atoms with Crippen LogP contribution in [0.5, 0.6) is 0 Å². The Labute approximate surface area is 137 Å². The van der Waals surface area contributed by atoms with E-state index in [9.17, 15) is 9.59 Å². The summed E-state index contributed by atoms with van der Waals surface area (Å²) in [6.45, 7) is 7.97. The number of carbonyl (C=O) groups excluding carboxylic acids is 2. The highest BCUT2D eigenvalue weighted by Gasteiger charge is 2.09. The summed E-state index contributed by atoms with van der Waals surface area (Å²) in [7, 11) is 3.26. The zero-order chi connectivity index (χ0) is 17.2. The fraction of sp³-hybridized carbons (Fsp3) is 0.714. The van der Waals surface area contributed by atoms with Gasteiger partial charge in [-0.25, -0.2) is 9.48 Å². The lowest BCUT2D eigenvalue weighted by atomic mass is 10.3. The lowest BCUT2D eigenvalue weighted by molar-refractivity contribution is -0.121. The summed E-state index contributed by atoms with van der Waals surface area (Å²) in [6, 6.07) is -0.294. The van der Waals surface area contributed by atoms with Gasteiger partial charge in [0.2, 0.25) is 5.91 Å². The maximum Gasteiger partial charge on any atom is 0.322 e. The predicted molar refractivity (Wildman–Crippen MR) is 88.1 cm³/mol. The Balaban J connectivity index is 2.29. The molecule has 0 spiro atoms. The second-order valence-corrected chi connectivity index (χ2v) is 5.36. The Kier molecular flexibility index (Phi) is 8.03. The van der Waals surface area contributed by atoms with Gasteiger partial charge in [0, 0.05) is 20.6 Å². The molecule has 0 fully saturated rings. The normalized spacial score (nSPS) is 10.7. The lowest BCUT2D eigenvalue weighted by Crippen LogP contribution is -2.32. The van der Waals surface area contributed by atoms with Crippen molar-refractivity contribution < 1.29 is 9.59 Å². The highest BCUT2D eigenvalue weighted by Crippen LogP contribution is 2.00. The average Bonchev–Trinajstić information content (AvgIpc) is 2.94. The van der Waals surface area contributed by atoms with Gasteiger partial charge < -0.3 is 15.1 Å². The molecule has 0 saturated heterocycles. The van der Waals surface area contributed by atoms with Crippen molar-refractivity contribution in [3.8, 4) is 0 Å². The van der Waals surface area contributed by atoms with Gasteiger partial charge in [0.25, 0.3) is 0 Å². The first kappa shape index (κ1) is 18.9. The molecule has 0 aliphatic carbocycles. The molecule has 3 amide bonds. The Morgan fingerprint density at radius 3 is 2.57 bits per heavy atom. The highest BCUT2D eigenvalue weighted by atomic mass is 16.2. The zero-order valence-electron chi connectivity index (χ0n) is 14.4. The SMILES string of the molecule is CCN(CC)CCCNC(=O)Cn1cc(NC(=O)N(C)C)nn1. The minimum atomic E-state index is -0.294. The molecule has 0 saturated carbocycles. The number of amides is 3. The van der Waals surface area contributed by atoms with Crippen LogP contribution < -0.4 is 10.6 Å². The minimum absolute atomic E-state index is 0.0795. The monoisotopic (exact) mass is 325 g/mol. The number of nitrogens with zero attached hydrogens (tertiary/aromatic N) is 5. The van der Waals surface area contributed by atoms with Gasteiger partial charge >= 0.3 is 6.03 Å². The van der Waals surface area contributed by atoms with Crippen molar-refractivity contribution in [1.82, 2.24) is 30.1 Å². The summed E-state index contributed by atoms with van der Waals surface area (Å²) >= 11 is 0. The molecule has 9 heteroatoms. The number of hydrogen-bond acceptors (Lipinski definition) is 5. The van der Waals surface area contributed by atoms with E-state index in [1.165, 1.54) is 15.8 Å². The molecule has 1 rings (SSSR count). The minimum Gasteiger partial charge on any atom is -0.354 e. The van der Waals surface area contributed by atoms with Crippen molar-refractivity contribution in [2.24, 2.45) is 0 Å². The third-order valence-electron chi connectivity index (χ3n) is 3.35. The van der Waals surface area contributed by atoms with Crippen LogP contribution in [0.15, 0.2) is 6.20 Å². The van der Waals surface area contributed by atoms with Crippen LogP contribution in [0.4, 0.5) is 10.6 Å². The summed E-state index contributed by atoms with van der Waals surface area (Å²) in [5.74, 6) is 0.193. The molecule has 1 heterocycles. The maximum atomic E-state index is 11.8. The van der Waals surface area contributed by atoms with E-state index < -0.39 is 0 Å². The lowest BCUT2D eigenvalue weighted by Gasteiger charge is -2.17. The van der Waals surface area contributed by atoms with Gasteiger partial charge in [-0.1, -0.05) is 19.1 Å².